The van der Waals surface area contributed by atoms with E-state index in [0.717, 1.165) is 25.0 Å². The van der Waals surface area contributed by atoms with Crippen LogP contribution in [0, 0.1) is 0 Å². The first-order chi connectivity index (χ1) is 11.4. The first-order valence-electron chi connectivity index (χ1n) is 8.01. The molecule has 1 saturated carbocycles. The summed E-state index contributed by atoms with van der Waals surface area (Å²) in [6.45, 7) is 0.463. The third-order valence-corrected chi connectivity index (χ3v) is 4.15. The molecule has 24 heavy (non-hydrogen) atoms. The van der Waals surface area contributed by atoms with E-state index in [9.17, 15) is 18.0 Å². The van der Waals surface area contributed by atoms with Crippen molar-refractivity contribution in [1.29, 1.82) is 0 Å². The van der Waals surface area contributed by atoms with E-state index in [0.29, 0.717) is 18.9 Å². The van der Waals surface area contributed by atoms with Gasteiger partial charge in [0.15, 0.2) is 5.82 Å². The van der Waals surface area contributed by atoms with Gasteiger partial charge in [0.1, 0.15) is 6.04 Å². The summed E-state index contributed by atoms with van der Waals surface area (Å²) >= 11 is 0. The minimum absolute atomic E-state index is 0.120. The van der Waals surface area contributed by atoms with E-state index >= 15 is 0 Å². The lowest BCUT2D eigenvalue weighted by molar-refractivity contribution is -0.159. The molecular weight excluding hydrogens is 325 g/mol. The van der Waals surface area contributed by atoms with Gasteiger partial charge >= 0.3 is 12.2 Å². The molecule has 1 aliphatic carbocycles. The van der Waals surface area contributed by atoms with Gasteiger partial charge in [0.05, 0.1) is 11.8 Å². The molecule has 6 nitrogen and oxygen atoms in total. The molecule has 0 radical (unpaired) electrons. The quantitative estimate of drug-likeness (QED) is 0.861. The first kappa shape index (κ1) is 16.9. The highest BCUT2D eigenvalue weighted by Crippen LogP contribution is 2.38. The average molecular weight is 344 g/mol. The van der Waals surface area contributed by atoms with Crippen molar-refractivity contribution in [3.63, 3.8) is 0 Å². The number of hydrogen-bond donors (Lipinski definition) is 2. The Morgan fingerprint density at radius 1 is 1.29 bits per heavy atom. The molecule has 2 heterocycles. The van der Waals surface area contributed by atoms with Crippen LogP contribution in [0.3, 0.4) is 0 Å². The minimum atomic E-state index is -4.54. The Morgan fingerprint density at radius 3 is 2.62 bits per heavy atom. The van der Waals surface area contributed by atoms with E-state index in [1.807, 2.05) is 5.32 Å². The zero-order valence-electron chi connectivity index (χ0n) is 13.0. The Kier molecular flexibility index (Phi) is 4.88. The van der Waals surface area contributed by atoms with Crippen LogP contribution in [0.2, 0.25) is 0 Å². The smallest absolute Gasteiger partial charge is 0.378 e. The van der Waals surface area contributed by atoms with Gasteiger partial charge in [-0.3, -0.25) is 5.32 Å². The molecule has 2 fully saturated rings. The SMILES string of the molecule is O=C(Nc1ccc(C2CC2)nn1)NC(CC1CCCO1)C(F)(F)F. The van der Waals surface area contributed by atoms with Gasteiger partial charge in [0.2, 0.25) is 0 Å². The second kappa shape index (κ2) is 6.92. The van der Waals surface area contributed by atoms with Gasteiger partial charge in [-0.1, -0.05) is 0 Å². The molecule has 2 unspecified atom stereocenters. The fourth-order valence-electron chi connectivity index (χ4n) is 2.68. The standard InChI is InChI=1S/C15H19F3N4O2/c16-15(17,18)12(8-10-2-1-7-24-10)19-14(23)20-13-6-5-11(21-22-13)9-3-4-9/h5-6,9-10,12H,1-4,7-8H2,(H2,19,20,22,23). The van der Waals surface area contributed by atoms with E-state index in [2.05, 4.69) is 15.5 Å². The molecule has 1 aromatic heterocycles. The molecule has 9 heteroatoms. The molecular formula is C15H19F3N4O2. The fraction of sp³-hybridized carbons (Fsp3) is 0.667. The molecule has 2 amide bonds. The van der Waals surface area contributed by atoms with E-state index in [1.54, 1.807) is 12.1 Å². The zero-order valence-corrected chi connectivity index (χ0v) is 13.0. The van der Waals surface area contributed by atoms with E-state index in [-0.39, 0.29) is 12.2 Å². The maximum absolute atomic E-state index is 13.1. The molecule has 2 aliphatic rings. The number of ether oxygens (including phenoxy) is 1. The highest BCUT2D eigenvalue weighted by molar-refractivity contribution is 5.88. The maximum Gasteiger partial charge on any atom is 0.408 e. The van der Waals surface area contributed by atoms with Crippen LogP contribution in [0.15, 0.2) is 12.1 Å². The number of amides is 2. The van der Waals surface area contributed by atoms with Crippen LogP contribution in [-0.4, -0.2) is 41.2 Å². The van der Waals surface area contributed by atoms with Crippen LogP contribution in [-0.2, 0) is 4.74 Å². The van der Waals surface area contributed by atoms with Gasteiger partial charge in [-0.2, -0.15) is 18.3 Å². The van der Waals surface area contributed by atoms with Crippen molar-refractivity contribution < 1.29 is 22.7 Å². The van der Waals surface area contributed by atoms with Crippen LogP contribution < -0.4 is 10.6 Å². The average Bonchev–Trinajstić information content (AvgIpc) is 3.24. The van der Waals surface area contributed by atoms with Crippen LogP contribution in [0.4, 0.5) is 23.8 Å². The minimum Gasteiger partial charge on any atom is -0.378 e. The molecule has 0 aromatic carbocycles. The summed E-state index contributed by atoms with van der Waals surface area (Å²) in [6, 6.07) is 0.361. The van der Waals surface area contributed by atoms with Crippen molar-refractivity contribution >= 4 is 11.8 Å². The van der Waals surface area contributed by atoms with Gasteiger partial charge in [-0.05, 0) is 37.8 Å². The Bertz CT molecular complexity index is 569. The van der Waals surface area contributed by atoms with Crippen LogP contribution in [0.1, 0.15) is 43.7 Å². The van der Waals surface area contributed by atoms with E-state index < -0.39 is 24.4 Å². The van der Waals surface area contributed by atoms with Crippen molar-refractivity contribution in [3.8, 4) is 0 Å². The highest BCUT2D eigenvalue weighted by Gasteiger charge is 2.42. The lowest BCUT2D eigenvalue weighted by Crippen LogP contribution is -2.48. The molecule has 132 valence electrons. The van der Waals surface area contributed by atoms with Gasteiger partial charge in [-0.25, -0.2) is 4.79 Å². The fourth-order valence-corrected chi connectivity index (χ4v) is 2.68. The Labute approximate surface area is 137 Å². The van der Waals surface area contributed by atoms with E-state index in [4.69, 9.17) is 4.74 Å². The predicted octanol–water partition coefficient (Wildman–Crippen LogP) is 2.98. The Balaban J connectivity index is 1.55. The first-order valence-corrected chi connectivity index (χ1v) is 8.01. The van der Waals surface area contributed by atoms with Crippen molar-refractivity contribution in [3.05, 3.63) is 17.8 Å². The number of alkyl halides is 3. The maximum atomic E-state index is 13.1. The molecule has 1 aromatic rings. The zero-order chi connectivity index (χ0) is 17.2. The number of carbonyl (C=O) groups excluding carboxylic acids is 1. The van der Waals surface area contributed by atoms with Crippen molar-refractivity contribution in [1.82, 2.24) is 15.5 Å². The van der Waals surface area contributed by atoms with E-state index in [1.165, 1.54) is 0 Å². The number of nitrogens with zero attached hydrogens (tertiary/aromatic N) is 2. The van der Waals surface area contributed by atoms with Crippen molar-refractivity contribution in [2.75, 3.05) is 11.9 Å². The van der Waals surface area contributed by atoms with Crippen LogP contribution in [0.5, 0.6) is 0 Å². The summed E-state index contributed by atoms with van der Waals surface area (Å²) in [6.07, 6.45) is -1.85. The summed E-state index contributed by atoms with van der Waals surface area (Å²) in [5, 5.41) is 12.0. The second-order valence-corrected chi connectivity index (χ2v) is 6.18. The summed E-state index contributed by atoms with van der Waals surface area (Å²) in [7, 11) is 0. The summed E-state index contributed by atoms with van der Waals surface area (Å²) < 4.78 is 44.5. The third-order valence-electron chi connectivity index (χ3n) is 4.15. The largest absolute Gasteiger partial charge is 0.408 e. The van der Waals surface area contributed by atoms with Crippen molar-refractivity contribution in [2.45, 2.75) is 56.3 Å². The topological polar surface area (TPSA) is 76.1 Å². The van der Waals surface area contributed by atoms with Crippen molar-refractivity contribution in [2.24, 2.45) is 0 Å². The lowest BCUT2D eigenvalue weighted by atomic mass is 10.1. The summed E-state index contributed by atoms with van der Waals surface area (Å²) in [5.41, 5.74) is 0.840. The monoisotopic (exact) mass is 344 g/mol. The Morgan fingerprint density at radius 2 is 2.08 bits per heavy atom. The highest BCUT2D eigenvalue weighted by atomic mass is 19.4. The third kappa shape index (κ3) is 4.56. The number of carbonyl (C=O) groups is 1. The van der Waals surface area contributed by atoms with Gasteiger partial charge in [0, 0.05) is 18.9 Å². The number of halogens is 3. The predicted molar refractivity (Wildman–Crippen MR) is 79.6 cm³/mol. The molecule has 1 aliphatic heterocycles. The molecule has 2 atom stereocenters. The number of anilines is 1. The van der Waals surface area contributed by atoms with Crippen LogP contribution in [0.25, 0.3) is 0 Å². The van der Waals surface area contributed by atoms with Crippen LogP contribution >= 0.6 is 0 Å². The number of hydrogen-bond acceptors (Lipinski definition) is 4. The molecule has 1 saturated heterocycles. The lowest BCUT2D eigenvalue weighted by Gasteiger charge is -2.24. The van der Waals surface area contributed by atoms with Gasteiger partial charge < -0.3 is 10.1 Å². The number of nitrogens with one attached hydrogen (secondary N) is 2. The molecule has 3 rings (SSSR count). The summed E-state index contributed by atoms with van der Waals surface area (Å²) in [4.78, 5) is 11.8. The number of rotatable bonds is 5. The molecule has 0 spiro atoms. The Hall–Kier alpha value is -1.90. The number of aromatic nitrogens is 2. The molecule has 0 bridgehead atoms. The summed E-state index contributed by atoms with van der Waals surface area (Å²) in [5.74, 6) is 0.538. The molecule has 2 N–H and O–H groups in total. The number of urea groups is 1. The van der Waals surface area contributed by atoms with Gasteiger partial charge in [0.25, 0.3) is 0 Å². The van der Waals surface area contributed by atoms with Gasteiger partial charge in [-0.15, -0.1) is 5.10 Å². The normalized spacial score (nSPS) is 22.2. The second-order valence-electron chi connectivity index (χ2n) is 6.18.